The van der Waals surface area contributed by atoms with E-state index >= 15 is 0 Å². The third-order valence-electron chi connectivity index (χ3n) is 4.48. The Hall–Kier alpha value is -0.160. The Bertz CT molecular complexity index is 425. The molecule has 0 saturated heterocycles. The van der Waals surface area contributed by atoms with Crippen LogP contribution in [0.15, 0.2) is 5.16 Å². The van der Waals surface area contributed by atoms with Crippen LogP contribution in [0, 0.1) is 5.41 Å². The van der Waals surface area contributed by atoms with E-state index in [1.54, 1.807) is 0 Å². The van der Waals surface area contributed by atoms with Gasteiger partial charge in [0.15, 0.2) is 5.16 Å². The lowest BCUT2D eigenvalue weighted by Gasteiger charge is -2.31. The molecule has 3 nitrogen and oxygen atoms in total. The molecule has 0 radical (unpaired) electrons. The first-order valence-corrected chi connectivity index (χ1v) is 10.0. The Labute approximate surface area is 139 Å². The summed E-state index contributed by atoms with van der Waals surface area (Å²) in [6.07, 6.45) is 9.93. The largest absolute Gasteiger partial charge is 0.306 e. The van der Waals surface area contributed by atoms with Gasteiger partial charge in [-0.05, 0) is 36.9 Å². The van der Waals surface area contributed by atoms with E-state index in [1.807, 2.05) is 11.8 Å². The smallest absolute Gasteiger partial charge is 0.191 e. The van der Waals surface area contributed by atoms with Gasteiger partial charge in [0, 0.05) is 18.7 Å². The molecule has 0 bridgehead atoms. The third-order valence-corrected chi connectivity index (χ3v) is 6.47. The summed E-state index contributed by atoms with van der Waals surface area (Å²) >= 11 is 6.56. The number of aromatic nitrogens is 3. The van der Waals surface area contributed by atoms with Gasteiger partial charge in [-0.3, -0.25) is 0 Å². The second-order valence-electron chi connectivity index (χ2n) is 6.31. The topological polar surface area (TPSA) is 30.7 Å². The van der Waals surface area contributed by atoms with Gasteiger partial charge in [0.05, 0.1) is 0 Å². The van der Waals surface area contributed by atoms with Gasteiger partial charge in [-0.25, -0.2) is 0 Å². The van der Waals surface area contributed by atoms with Crippen molar-refractivity contribution in [1.82, 2.24) is 14.8 Å². The van der Waals surface area contributed by atoms with Crippen LogP contribution in [0.5, 0.6) is 0 Å². The van der Waals surface area contributed by atoms with Crippen LogP contribution in [0.2, 0.25) is 0 Å². The maximum absolute atomic E-state index is 4.66. The van der Waals surface area contributed by atoms with Crippen LogP contribution in [-0.4, -0.2) is 26.3 Å². The molecule has 0 saturated carbocycles. The SMILES string of the molecule is CCCC(CS)(CCC)CSc1nnc2n1CCCCC2. The number of nitrogens with zero attached hydrogens (tertiary/aromatic N) is 3. The van der Waals surface area contributed by atoms with Crippen LogP contribution in [0.4, 0.5) is 0 Å². The van der Waals surface area contributed by atoms with Gasteiger partial charge in [0.25, 0.3) is 0 Å². The van der Waals surface area contributed by atoms with Gasteiger partial charge in [-0.1, -0.05) is 44.9 Å². The zero-order valence-electron chi connectivity index (χ0n) is 13.5. The van der Waals surface area contributed by atoms with Gasteiger partial charge in [-0.2, -0.15) is 12.6 Å². The number of aryl methyl sites for hydroxylation is 1. The van der Waals surface area contributed by atoms with E-state index < -0.39 is 0 Å². The van der Waals surface area contributed by atoms with Crippen LogP contribution < -0.4 is 0 Å². The minimum Gasteiger partial charge on any atom is -0.306 e. The fourth-order valence-electron chi connectivity index (χ4n) is 3.32. The van der Waals surface area contributed by atoms with Crippen molar-refractivity contribution in [1.29, 1.82) is 0 Å². The standard InChI is InChI=1S/C16H29N3S2/c1-3-9-16(12-20,10-4-2)13-21-15-18-17-14-8-6-5-7-11-19(14)15/h20H,3-13H2,1-2H3. The molecular weight excluding hydrogens is 298 g/mol. The van der Waals surface area contributed by atoms with Crippen LogP contribution >= 0.6 is 24.4 Å². The summed E-state index contributed by atoms with van der Waals surface area (Å²) in [5.41, 5.74) is 0.356. The third kappa shape index (κ3) is 4.41. The van der Waals surface area contributed by atoms with E-state index in [4.69, 9.17) is 0 Å². The van der Waals surface area contributed by atoms with Gasteiger partial charge in [-0.15, -0.1) is 10.2 Å². The van der Waals surface area contributed by atoms with Crippen molar-refractivity contribution < 1.29 is 0 Å². The van der Waals surface area contributed by atoms with Gasteiger partial charge < -0.3 is 4.57 Å². The maximum Gasteiger partial charge on any atom is 0.191 e. The highest BCUT2D eigenvalue weighted by atomic mass is 32.2. The molecule has 2 heterocycles. The number of thioether (sulfide) groups is 1. The number of thiol groups is 1. The molecule has 5 heteroatoms. The molecule has 120 valence electrons. The fourth-order valence-corrected chi connectivity index (χ4v) is 5.17. The average molecular weight is 328 g/mol. The summed E-state index contributed by atoms with van der Waals surface area (Å²) in [7, 11) is 0. The number of fused-ring (bicyclic) bond motifs is 1. The summed E-state index contributed by atoms with van der Waals surface area (Å²) in [4.78, 5) is 0. The predicted octanol–water partition coefficient (Wildman–Crippen LogP) is 4.61. The second-order valence-corrected chi connectivity index (χ2v) is 7.57. The molecular formula is C16H29N3S2. The molecule has 0 atom stereocenters. The molecule has 21 heavy (non-hydrogen) atoms. The molecule has 0 spiro atoms. The molecule has 1 aromatic rings. The van der Waals surface area contributed by atoms with Crippen LogP contribution in [0.1, 0.15) is 64.6 Å². The molecule has 0 N–H and O–H groups in total. The molecule has 1 aliphatic heterocycles. The number of rotatable bonds is 8. The fraction of sp³-hybridized carbons (Fsp3) is 0.875. The zero-order chi connectivity index (χ0) is 15.1. The van der Waals surface area contributed by atoms with Crippen molar-refractivity contribution in [3.63, 3.8) is 0 Å². The summed E-state index contributed by atoms with van der Waals surface area (Å²) in [6.45, 7) is 5.66. The highest BCUT2D eigenvalue weighted by Gasteiger charge is 2.28. The maximum atomic E-state index is 4.66. The predicted molar refractivity (Wildman–Crippen MR) is 94.4 cm³/mol. The number of hydrogen-bond acceptors (Lipinski definition) is 4. The molecule has 0 fully saturated rings. The van der Waals surface area contributed by atoms with Crippen molar-refractivity contribution in [2.45, 2.75) is 76.9 Å². The second kappa shape index (κ2) is 8.47. The summed E-state index contributed by atoms with van der Waals surface area (Å²) < 4.78 is 2.36. The van der Waals surface area contributed by atoms with Crippen molar-refractivity contribution >= 4 is 24.4 Å². The van der Waals surface area contributed by atoms with Gasteiger partial charge in [0.1, 0.15) is 5.82 Å². The van der Waals surface area contributed by atoms with Gasteiger partial charge in [0.2, 0.25) is 0 Å². The Kier molecular flexibility index (Phi) is 6.93. The van der Waals surface area contributed by atoms with Crippen molar-refractivity contribution in [2.75, 3.05) is 11.5 Å². The Morgan fingerprint density at radius 2 is 1.90 bits per heavy atom. The average Bonchev–Trinajstić information content (AvgIpc) is 2.72. The highest BCUT2D eigenvalue weighted by Crippen LogP contribution is 2.37. The van der Waals surface area contributed by atoms with Crippen molar-refractivity contribution in [3.8, 4) is 0 Å². The minimum absolute atomic E-state index is 0.356. The lowest BCUT2D eigenvalue weighted by molar-refractivity contribution is 0.318. The van der Waals surface area contributed by atoms with E-state index in [-0.39, 0.29) is 0 Å². The Morgan fingerprint density at radius 1 is 1.14 bits per heavy atom. The van der Waals surface area contributed by atoms with E-state index in [0.29, 0.717) is 5.41 Å². The lowest BCUT2D eigenvalue weighted by Crippen LogP contribution is -2.26. The van der Waals surface area contributed by atoms with Crippen molar-refractivity contribution in [2.24, 2.45) is 5.41 Å². The molecule has 2 rings (SSSR count). The van der Waals surface area contributed by atoms with Crippen molar-refractivity contribution in [3.05, 3.63) is 5.82 Å². The summed E-state index contributed by atoms with van der Waals surface area (Å²) in [5.74, 6) is 3.29. The molecule has 0 aliphatic carbocycles. The molecule has 0 aromatic carbocycles. The summed E-state index contributed by atoms with van der Waals surface area (Å²) in [6, 6.07) is 0. The van der Waals surface area contributed by atoms with E-state index in [2.05, 4.69) is 41.2 Å². The first-order chi connectivity index (χ1) is 10.2. The van der Waals surface area contributed by atoms with E-state index in [0.717, 1.165) is 29.6 Å². The zero-order valence-corrected chi connectivity index (χ0v) is 15.2. The molecule has 1 aromatic heterocycles. The van der Waals surface area contributed by atoms with E-state index in [9.17, 15) is 0 Å². The first-order valence-electron chi connectivity index (χ1n) is 8.40. The summed E-state index contributed by atoms with van der Waals surface area (Å²) in [5, 5.41) is 9.99. The minimum atomic E-state index is 0.356. The Morgan fingerprint density at radius 3 is 2.57 bits per heavy atom. The van der Waals surface area contributed by atoms with E-state index in [1.165, 1.54) is 50.8 Å². The number of hydrogen-bond donors (Lipinski definition) is 1. The molecule has 0 unspecified atom stereocenters. The molecule has 1 aliphatic rings. The monoisotopic (exact) mass is 327 g/mol. The first kappa shape index (κ1) is 17.2. The van der Waals surface area contributed by atoms with Gasteiger partial charge >= 0.3 is 0 Å². The van der Waals surface area contributed by atoms with Crippen LogP contribution in [0.3, 0.4) is 0 Å². The highest BCUT2D eigenvalue weighted by molar-refractivity contribution is 7.99. The Balaban J connectivity index is 2.05. The van der Waals surface area contributed by atoms with Crippen LogP contribution in [-0.2, 0) is 13.0 Å². The quantitative estimate of drug-likeness (QED) is 0.558. The normalized spacial score (nSPS) is 15.8. The lowest BCUT2D eigenvalue weighted by atomic mass is 9.83. The van der Waals surface area contributed by atoms with Crippen LogP contribution in [0.25, 0.3) is 0 Å². The molecule has 0 amide bonds.